The summed E-state index contributed by atoms with van der Waals surface area (Å²) in [6.07, 6.45) is 1.27. The summed E-state index contributed by atoms with van der Waals surface area (Å²) in [6.45, 7) is 1.52. The van der Waals surface area contributed by atoms with Crippen molar-refractivity contribution in [2.75, 3.05) is 0 Å². The molecular weight excluding hydrogens is 226 g/mol. The van der Waals surface area contributed by atoms with E-state index in [1.807, 2.05) is 0 Å². The van der Waals surface area contributed by atoms with E-state index in [0.29, 0.717) is 11.2 Å². The molecule has 17 heavy (non-hydrogen) atoms. The van der Waals surface area contributed by atoms with Crippen LogP contribution in [-0.2, 0) is 4.79 Å². The molecule has 1 N–H and O–H groups in total. The van der Waals surface area contributed by atoms with Crippen LogP contribution in [0, 0.1) is 10.1 Å². The number of hydrogen-bond donors (Lipinski definition) is 1. The van der Waals surface area contributed by atoms with Gasteiger partial charge in [0.25, 0.3) is 0 Å². The minimum atomic E-state index is -0.992. The van der Waals surface area contributed by atoms with Gasteiger partial charge < -0.3 is 15.2 Å². The van der Waals surface area contributed by atoms with E-state index in [1.54, 1.807) is 12.1 Å². The number of imidazole rings is 1. The highest BCUT2D eigenvalue weighted by Gasteiger charge is 2.21. The van der Waals surface area contributed by atoms with Gasteiger partial charge in [-0.1, -0.05) is 6.07 Å². The highest BCUT2D eigenvalue weighted by molar-refractivity contribution is 5.76. The molecule has 0 spiro atoms. The topological polar surface area (TPSA) is 97.7 Å². The van der Waals surface area contributed by atoms with E-state index in [2.05, 4.69) is 4.98 Å². The largest absolute Gasteiger partial charge is 0.481 e. The Morgan fingerprint density at radius 1 is 1.59 bits per heavy atom. The molecule has 1 unspecified atom stereocenters. The third-order valence-electron chi connectivity index (χ3n) is 2.57. The van der Waals surface area contributed by atoms with Crippen LogP contribution in [0.2, 0.25) is 0 Å². The molecule has 7 heteroatoms. The van der Waals surface area contributed by atoms with Crippen LogP contribution in [0.5, 0.6) is 0 Å². The Labute approximate surface area is 95.5 Å². The lowest BCUT2D eigenvalue weighted by Gasteiger charge is -2.08. The molecule has 0 aromatic carbocycles. The smallest absolute Gasteiger partial charge is 0.389 e. The lowest BCUT2D eigenvalue weighted by Crippen LogP contribution is -2.11. The Morgan fingerprint density at radius 3 is 2.88 bits per heavy atom. The Kier molecular flexibility index (Phi) is 2.51. The first-order valence-corrected chi connectivity index (χ1v) is 4.85. The number of nitrogens with zero attached hydrogens (tertiary/aromatic N) is 3. The summed E-state index contributed by atoms with van der Waals surface area (Å²) in [5.74, 6) is -2.02. The number of nitro groups is 1. The van der Waals surface area contributed by atoms with Crippen molar-refractivity contribution in [3.63, 3.8) is 0 Å². The second-order valence-corrected chi connectivity index (χ2v) is 3.59. The van der Waals surface area contributed by atoms with Crippen molar-refractivity contribution in [1.29, 1.82) is 0 Å². The number of carbonyl (C=O) groups is 1. The minimum Gasteiger partial charge on any atom is -0.481 e. The fourth-order valence-corrected chi connectivity index (χ4v) is 1.65. The van der Waals surface area contributed by atoms with Crippen molar-refractivity contribution in [2.24, 2.45) is 0 Å². The molecule has 0 saturated heterocycles. The molecule has 1 atom stereocenters. The van der Waals surface area contributed by atoms with Crippen molar-refractivity contribution >= 4 is 17.3 Å². The summed E-state index contributed by atoms with van der Waals surface area (Å²) >= 11 is 0. The molecule has 0 aliphatic rings. The summed E-state index contributed by atoms with van der Waals surface area (Å²) in [7, 11) is 0. The second-order valence-electron chi connectivity index (χ2n) is 3.59. The predicted octanol–water partition coefficient (Wildman–Crippen LogP) is 1.43. The molecule has 7 nitrogen and oxygen atoms in total. The zero-order chi connectivity index (χ0) is 12.6. The van der Waals surface area contributed by atoms with Crippen LogP contribution in [0.1, 0.15) is 18.5 Å². The fourth-order valence-electron chi connectivity index (χ4n) is 1.65. The van der Waals surface area contributed by atoms with E-state index in [9.17, 15) is 14.9 Å². The van der Waals surface area contributed by atoms with Gasteiger partial charge >= 0.3 is 11.8 Å². The molecule has 0 fully saturated rings. The maximum atomic E-state index is 10.9. The third kappa shape index (κ3) is 1.71. The van der Waals surface area contributed by atoms with Crippen LogP contribution >= 0.6 is 0 Å². The number of carboxylic acid groups (broad SMARTS) is 1. The first-order chi connectivity index (χ1) is 8.02. The molecule has 88 valence electrons. The van der Waals surface area contributed by atoms with E-state index >= 15 is 0 Å². The van der Waals surface area contributed by atoms with E-state index in [0.717, 1.165) is 0 Å². The Bertz CT molecular complexity index is 605. The van der Waals surface area contributed by atoms with Gasteiger partial charge in [0.2, 0.25) is 6.33 Å². The van der Waals surface area contributed by atoms with Crippen molar-refractivity contribution in [3.05, 3.63) is 40.3 Å². The van der Waals surface area contributed by atoms with Gasteiger partial charge in [0, 0.05) is 5.69 Å². The summed E-state index contributed by atoms with van der Waals surface area (Å²) in [5, 5.41) is 19.6. The second kappa shape index (κ2) is 3.85. The number of aliphatic carboxylic acids is 1. The SMILES string of the molecule is CC(C(=O)O)c1cccc2c([N+](=O)[O-])ncn12. The standard InChI is InChI=1S/C10H9N3O4/c1-6(10(14)15)7-3-2-4-8-9(13(16)17)11-5-12(7)8/h2-6H,1H3,(H,14,15). The number of aromatic nitrogens is 2. The normalized spacial score (nSPS) is 12.5. The van der Waals surface area contributed by atoms with Gasteiger partial charge in [0.1, 0.15) is 5.52 Å². The number of fused-ring (bicyclic) bond motifs is 1. The zero-order valence-corrected chi connectivity index (χ0v) is 8.90. The summed E-state index contributed by atoms with van der Waals surface area (Å²) in [6, 6.07) is 4.72. The first-order valence-electron chi connectivity index (χ1n) is 4.85. The molecule has 2 aromatic heterocycles. The van der Waals surface area contributed by atoms with Gasteiger partial charge in [-0.2, -0.15) is 0 Å². The van der Waals surface area contributed by atoms with Gasteiger partial charge in [0.15, 0.2) is 0 Å². The molecule has 0 amide bonds. The van der Waals surface area contributed by atoms with Crippen molar-refractivity contribution in [1.82, 2.24) is 9.38 Å². The number of hydrogen-bond acceptors (Lipinski definition) is 4. The van der Waals surface area contributed by atoms with Gasteiger partial charge in [0.05, 0.1) is 5.92 Å². The van der Waals surface area contributed by atoms with Crippen LogP contribution in [0.15, 0.2) is 24.5 Å². The molecular formula is C10H9N3O4. The van der Waals surface area contributed by atoms with Crippen LogP contribution in [0.25, 0.3) is 5.52 Å². The number of carboxylic acids is 1. The Morgan fingerprint density at radius 2 is 2.29 bits per heavy atom. The van der Waals surface area contributed by atoms with E-state index < -0.39 is 16.8 Å². The molecule has 0 radical (unpaired) electrons. The molecule has 0 saturated carbocycles. The Balaban J connectivity index is 2.67. The Hall–Kier alpha value is -2.44. The van der Waals surface area contributed by atoms with E-state index in [4.69, 9.17) is 5.11 Å². The quantitative estimate of drug-likeness (QED) is 0.641. The molecule has 2 heterocycles. The van der Waals surface area contributed by atoms with Gasteiger partial charge in [-0.25, -0.2) is 0 Å². The lowest BCUT2D eigenvalue weighted by molar-refractivity contribution is -0.387. The minimum absolute atomic E-state index is 0.274. The molecule has 0 bridgehead atoms. The monoisotopic (exact) mass is 235 g/mol. The maximum Gasteiger partial charge on any atom is 0.389 e. The molecule has 2 aromatic rings. The highest BCUT2D eigenvalue weighted by atomic mass is 16.6. The van der Waals surface area contributed by atoms with Crippen LogP contribution < -0.4 is 0 Å². The fraction of sp³-hybridized carbons (Fsp3) is 0.200. The van der Waals surface area contributed by atoms with Crippen molar-refractivity contribution < 1.29 is 14.8 Å². The maximum absolute atomic E-state index is 10.9. The molecule has 0 aliphatic carbocycles. The third-order valence-corrected chi connectivity index (χ3v) is 2.57. The number of pyridine rings is 1. The van der Waals surface area contributed by atoms with Crippen LogP contribution in [0.3, 0.4) is 0 Å². The van der Waals surface area contributed by atoms with Gasteiger partial charge in [-0.3, -0.25) is 9.20 Å². The number of rotatable bonds is 3. The van der Waals surface area contributed by atoms with Gasteiger partial charge in [-0.05, 0) is 29.0 Å². The van der Waals surface area contributed by atoms with Crippen LogP contribution in [-0.4, -0.2) is 25.4 Å². The average Bonchev–Trinajstić information content (AvgIpc) is 2.71. The summed E-state index contributed by atoms with van der Waals surface area (Å²) in [4.78, 5) is 24.7. The van der Waals surface area contributed by atoms with E-state index in [-0.39, 0.29) is 5.82 Å². The summed E-state index contributed by atoms with van der Waals surface area (Å²) < 4.78 is 1.43. The van der Waals surface area contributed by atoms with Crippen molar-refractivity contribution in [3.8, 4) is 0 Å². The molecule has 0 aliphatic heterocycles. The summed E-state index contributed by atoms with van der Waals surface area (Å²) in [5.41, 5.74) is 0.746. The first kappa shape index (κ1) is 11.1. The average molecular weight is 235 g/mol. The zero-order valence-electron chi connectivity index (χ0n) is 8.90. The highest BCUT2D eigenvalue weighted by Crippen LogP contribution is 2.23. The molecule has 2 rings (SSSR count). The predicted molar refractivity (Wildman–Crippen MR) is 57.9 cm³/mol. The van der Waals surface area contributed by atoms with Crippen LogP contribution in [0.4, 0.5) is 5.82 Å². The lowest BCUT2D eigenvalue weighted by atomic mass is 10.1. The van der Waals surface area contributed by atoms with Crippen molar-refractivity contribution in [2.45, 2.75) is 12.8 Å². The van der Waals surface area contributed by atoms with E-state index in [1.165, 1.54) is 23.7 Å². The van der Waals surface area contributed by atoms with Gasteiger partial charge in [-0.15, -0.1) is 0 Å².